The van der Waals surface area contributed by atoms with Crippen LogP contribution in [0.3, 0.4) is 0 Å². The lowest BCUT2D eigenvalue weighted by molar-refractivity contribution is -0.138. The highest BCUT2D eigenvalue weighted by Gasteiger charge is 2.34. The molecule has 2 unspecified atom stereocenters. The van der Waals surface area contributed by atoms with E-state index in [1.807, 2.05) is 0 Å². The van der Waals surface area contributed by atoms with Crippen LogP contribution >= 0.6 is 11.6 Å². The van der Waals surface area contributed by atoms with Crippen molar-refractivity contribution in [2.45, 2.75) is 32.2 Å². The highest BCUT2D eigenvalue weighted by molar-refractivity contribution is 7.80. The molecule has 0 amide bonds. The predicted octanol–water partition coefficient (Wildman–Crippen LogP) is 3.46. The maximum Gasteiger partial charge on any atom is 0.335 e. The first-order chi connectivity index (χ1) is 11.0. The van der Waals surface area contributed by atoms with Crippen LogP contribution in [0.2, 0.25) is 5.02 Å². The van der Waals surface area contributed by atoms with Gasteiger partial charge in [-0.3, -0.25) is 8.86 Å². The molecule has 1 aliphatic rings. The molecule has 0 aromatic heterocycles. The molecule has 1 aromatic carbocycles. The van der Waals surface area contributed by atoms with Gasteiger partial charge < -0.3 is 4.74 Å². The van der Waals surface area contributed by atoms with E-state index in [-0.39, 0.29) is 17.3 Å². The minimum Gasteiger partial charge on any atom is -0.463 e. The molecule has 2 atom stereocenters. The smallest absolute Gasteiger partial charge is 0.335 e. The molecule has 1 N–H and O–H groups in total. The molecule has 1 aliphatic carbocycles. The number of hydrogen-bond donors (Lipinski definition) is 1. The molecule has 5 nitrogen and oxygen atoms in total. The Morgan fingerprint density at radius 2 is 2.30 bits per heavy atom. The Morgan fingerprint density at radius 3 is 2.91 bits per heavy atom. The zero-order chi connectivity index (χ0) is 17.0. The summed E-state index contributed by atoms with van der Waals surface area (Å²) in [6.07, 6.45) is 3.64. The minimum atomic E-state index is -2.43. The van der Waals surface area contributed by atoms with Crippen LogP contribution in [-0.4, -0.2) is 27.4 Å². The first-order valence-electron chi connectivity index (χ1n) is 7.18. The maximum atomic E-state index is 13.2. The zero-order valence-corrected chi connectivity index (χ0v) is 14.1. The first-order valence-corrected chi connectivity index (χ1v) is 8.62. The highest BCUT2D eigenvalue weighted by atomic mass is 35.5. The molecule has 0 saturated heterocycles. The summed E-state index contributed by atoms with van der Waals surface area (Å²) in [5.74, 6) is -1.07. The van der Waals surface area contributed by atoms with Gasteiger partial charge in [-0.15, -0.1) is 0 Å². The van der Waals surface area contributed by atoms with Gasteiger partial charge >= 0.3 is 5.97 Å². The number of anilines is 1. The first kappa shape index (κ1) is 17.9. The second kappa shape index (κ2) is 7.90. The summed E-state index contributed by atoms with van der Waals surface area (Å²) in [4.78, 5) is 12.1. The van der Waals surface area contributed by atoms with E-state index >= 15 is 0 Å². The third-order valence-electron chi connectivity index (χ3n) is 3.51. The number of allylic oxidation sites excluding steroid dienone is 1. The van der Waals surface area contributed by atoms with Crippen LogP contribution in [0.25, 0.3) is 0 Å². The predicted molar refractivity (Wildman–Crippen MR) is 87.0 cm³/mol. The normalized spacial score (nSPS) is 19.0. The third-order valence-corrected chi connectivity index (χ3v) is 4.61. The monoisotopic (exact) mass is 361 g/mol. The third kappa shape index (κ3) is 4.10. The summed E-state index contributed by atoms with van der Waals surface area (Å²) in [7, 11) is 0. The molecule has 0 radical (unpaired) electrons. The van der Waals surface area contributed by atoms with Crippen molar-refractivity contribution in [1.82, 2.24) is 0 Å². The van der Waals surface area contributed by atoms with E-state index in [1.165, 1.54) is 6.07 Å². The fourth-order valence-corrected chi connectivity index (χ4v) is 3.63. The summed E-state index contributed by atoms with van der Waals surface area (Å²) in [6, 6.07) is 2.88. The number of nitrogens with zero attached hydrogens (tertiary/aromatic N) is 1. The van der Waals surface area contributed by atoms with Gasteiger partial charge in [0.2, 0.25) is 0 Å². The zero-order valence-electron chi connectivity index (χ0n) is 12.5. The number of hydrogen-bond acceptors (Lipinski definition) is 3. The van der Waals surface area contributed by atoms with Gasteiger partial charge in [-0.1, -0.05) is 17.7 Å². The molecular weight excluding hydrogens is 345 g/mol. The Hall–Kier alpha value is -1.44. The van der Waals surface area contributed by atoms with Crippen LogP contribution in [0.15, 0.2) is 29.8 Å². The molecule has 0 bridgehead atoms. The molecule has 0 spiro atoms. The van der Waals surface area contributed by atoms with Crippen molar-refractivity contribution in [2.24, 2.45) is 0 Å². The molecule has 2 rings (SSSR count). The molecule has 8 heteroatoms. The van der Waals surface area contributed by atoms with E-state index in [4.69, 9.17) is 16.3 Å². The lowest BCUT2D eigenvalue weighted by atomic mass is 9.93. The number of esters is 1. The highest BCUT2D eigenvalue weighted by Crippen LogP contribution is 2.34. The second-order valence-corrected chi connectivity index (χ2v) is 6.24. The van der Waals surface area contributed by atoms with Crippen LogP contribution in [0.5, 0.6) is 0 Å². The van der Waals surface area contributed by atoms with Crippen molar-refractivity contribution in [3.8, 4) is 0 Å². The van der Waals surface area contributed by atoms with Crippen molar-refractivity contribution in [2.75, 3.05) is 10.9 Å². The fourth-order valence-electron chi connectivity index (χ4n) is 2.56. The number of rotatable bonds is 5. The van der Waals surface area contributed by atoms with Crippen LogP contribution in [0.4, 0.5) is 10.1 Å². The van der Waals surface area contributed by atoms with Crippen LogP contribution in [-0.2, 0) is 20.8 Å². The molecular formula is C15H17ClFNO4S. The largest absolute Gasteiger partial charge is 0.463 e. The molecule has 23 heavy (non-hydrogen) atoms. The van der Waals surface area contributed by atoms with Crippen LogP contribution in [0.1, 0.15) is 26.2 Å². The average molecular weight is 362 g/mol. The fraction of sp³-hybridized carbons (Fsp3) is 0.400. The standard InChI is InChI=1S/C15H17ClFNO4S/c1-2-22-15(19)11-5-3-4-6-13(11)18(23(20)21)14-8-7-10(17)9-12(14)16/h5,7-9,13H,2-4,6H2,1H3,(H,20,21). The summed E-state index contributed by atoms with van der Waals surface area (Å²) in [5.41, 5.74) is 0.511. The van der Waals surface area contributed by atoms with Gasteiger partial charge in [0.15, 0.2) is 0 Å². The van der Waals surface area contributed by atoms with E-state index in [2.05, 4.69) is 0 Å². The average Bonchev–Trinajstić information content (AvgIpc) is 2.50. The number of carbonyl (C=O) groups is 1. The van der Waals surface area contributed by atoms with E-state index in [0.717, 1.165) is 22.9 Å². The molecule has 126 valence electrons. The van der Waals surface area contributed by atoms with Crippen molar-refractivity contribution >= 4 is 34.5 Å². The number of ether oxygens (including phenoxy) is 1. The lowest BCUT2D eigenvalue weighted by Crippen LogP contribution is -2.41. The topological polar surface area (TPSA) is 66.8 Å². The van der Waals surface area contributed by atoms with E-state index in [1.54, 1.807) is 13.0 Å². The molecule has 0 fully saturated rings. The summed E-state index contributed by atoms with van der Waals surface area (Å²) >= 11 is 3.58. The van der Waals surface area contributed by atoms with Gasteiger partial charge in [0.1, 0.15) is 5.82 Å². The van der Waals surface area contributed by atoms with E-state index < -0.39 is 29.1 Å². The van der Waals surface area contributed by atoms with Gasteiger partial charge in [0.25, 0.3) is 11.3 Å². The van der Waals surface area contributed by atoms with Crippen molar-refractivity contribution < 1.29 is 22.7 Å². The second-order valence-electron chi connectivity index (χ2n) is 4.98. The Morgan fingerprint density at radius 1 is 1.57 bits per heavy atom. The summed E-state index contributed by atoms with van der Waals surface area (Å²) in [5, 5.41) is 0.00109. The van der Waals surface area contributed by atoms with Gasteiger partial charge in [-0.05, 0) is 44.4 Å². The van der Waals surface area contributed by atoms with E-state index in [9.17, 15) is 17.9 Å². The molecule has 0 saturated carbocycles. The summed E-state index contributed by atoms with van der Waals surface area (Å²) in [6.45, 7) is 1.90. The van der Waals surface area contributed by atoms with Crippen molar-refractivity contribution in [1.29, 1.82) is 0 Å². The van der Waals surface area contributed by atoms with Crippen LogP contribution < -0.4 is 4.31 Å². The summed E-state index contributed by atoms with van der Waals surface area (Å²) < 4.78 is 40.9. The van der Waals surface area contributed by atoms with Gasteiger partial charge in [-0.2, -0.15) is 0 Å². The molecule has 0 heterocycles. The lowest BCUT2D eigenvalue weighted by Gasteiger charge is -2.33. The van der Waals surface area contributed by atoms with Gasteiger partial charge in [0.05, 0.1) is 28.9 Å². The van der Waals surface area contributed by atoms with Crippen LogP contribution in [0, 0.1) is 5.82 Å². The molecule has 1 aromatic rings. The maximum absolute atomic E-state index is 13.2. The SMILES string of the molecule is CCOC(=O)C1=CCCCC1N(c1ccc(F)cc1Cl)S(=O)O. The van der Waals surface area contributed by atoms with Crippen molar-refractivity contribution in [3.05, 3.63) is 40.7 Å². The van der Waals surface area contributed by atoms with Gasteiger partial charge in [0, 0.05) is 0 Å². The Bertz CT molecular complexity index is 652. The quantitative estimate of drug-likeness (QED) is 0.644. The minimum absolute atomic E-state index is 0.00109. The Kier molecular flexibility index (Phi) is 6.15. The van der Waals surface area contributed by atoms with Crippen molar-refractivity contribution in [3.63, 3.8) is 0 Å². The Labute approximate surface area is 141 Å². The number of carbonyl (C=O) groups excluding carboxylic acids is 1. The Balaban J connectivity index is 2.43. The number of halogens is 2. The van der Waals surface area contributed by atoms with Gasteiger partial charge in [-0.25, -0.2) is 13.4 Å². The molecule has 0 aliphatic heterocycles. The number of benzene rings is 1. The van der Waals surface area contributed by atoms with E-state index in [0.29, 0.717) is 18.4 Å².